The van der Waals surface area contributed by atoms with Gasteiger partial charge in [-0.2, -0.15) is 5.26 Å². The van der Waals surface area contributed by atoms with E-state index in [-0.39, 0.29) is 0 Å². The summed E-state index contributed by atoms with van der Waals surface area (Å²) < 4.78 is 27.4. The first-order valence-electron chi connectivity index (χ1n) is 10.9. The van der Waals surface area contributed by atoms with Gasteiger partial charge in [0.15, 0.2) is 5.25 Å². The highest BCUT2D eigenvalue weighted by Gasteiger charge is 2.30. The van der Waals surface area contributed by atoms with Gasteiger partial charge < -0.3 is 0 Å². The zero-order chi connectivity index (χ0) is 19.7. The van der Waals surface area contributed by atoms with Gasteiger partial charge >= 0.3 is 0 Å². The highest BCUT2D eigenvalue weighted by molar-refractivity contribution is 7.90. The van der Waals surface area contributed by atoms with Crippen LogP contribution >= 0.6 is 0 Å². The highest BCUT2D eigenvalue weighted by atomic mass is 32.2. The zero-order valence-electron chi connectivity index (χ0n) is 17.5. The van der Waals surface area contributed by atoms with Crippen LogP contribution in [0.1, 0.15) is 111 Å². The maximum Gasteiger partial charge on any atom is 0.230 e. The number of nitriles is 1. The van der Waals surface area contributed by atoms with Gasteiger partial charge in [0.2, 0.25) is 10.0 Å². The van der Waals surface area contributed by atoms with Gasteiger partial charge in [-0.25, -0.2) is 12.7 Å². The van der Waals surface area contributed by atoms with Crippen LogP contribution < -0.4 is 0 Å². The van der Waals surface area contributed by atoms with Crippen LogP contribution in [0.5, 0.6) is 0 Å². The summed E-state index contributed by atoms with van der Waals surface area (Å²) in [5.41, 5.74) is 0. The van der Waals surface area contributed by atoms with E-state index in [1.165, 1.54) is 51.4 Å². The molecule has 0 saturated carbocycles. The third-order valence-electron chi connectivity index (χ3n) is 4.94. The summed E-state index contributed by atoms with van der Waals surface area (Å²) in [6.45, 7) is 7.48. The maximum absolute atomic E-state index is 12.9. The van der Waals surface area contributed by atoms with E-state index in [0.29, 0.717) is 19.5 Å². The first-order valence-corrected chi connectivity index (χ1v) is 12.4. The lowest BCUT2D eigenvalue weighted by Crippen LogP contribution is -2.39. The van der Waals surface area contributed by atoms with Crippen LogP contribution in [-0.4, -0.2) is 31.1 Å². The van der Waals surface area contributed by atoms with E-state index in [2.05, 4.69) is 13.8 Å². The molecule has 0 saturated heterocycles. The Kier molecular flexibility index (Phi) is 16.2. The molecule has 26 heavy (non-hydrogen) atoms. The number of sulfonamides is 1. The Labute approximate surface area is 163 Å². The molecule has 0 aliphatic heterocycles. The molecule has 0 amide bonds. The van der Waals surface area contributed by atoms with Crippen molar-refractivity contribution >= 4 is 10.0 Å². The average molecular weight is 387 g/mol. The summed E-state index contributed by atoms with van der Waals surface area (Å²) in [5.74, 6) is 0. The topological polar surface area (TPSA) is 61.2 Å². The number of rotatable bonds is 18. The van der Waals surface area contributed by atoms with Crippen molar-refractivity contribution in [2.75, 3.05) is 13.1 Å². The van der Waals surface area contributed by atoms with E-state index in [1.54, 1.807) is 4.31 Å². The third-order valence-corrected chi connectivity index (χ3v) is 7.08. The fourth-order valence-corrected chi connectivity index (χ4v) is 5.02. The minimum atomic E-state index is -3.50. The van der Waals surface area contributed by atoms with E-state index in [4.69, 9.17) is 0 Å². The Bertz CT molecular complexity index is 441. The molecular formula is C21H42N2O2S. The molecule has 0 spiro atoms. The second kappa shape index (κ2) is 16.6. The second-order valence-corrected chi connectivity index (χ2v) is 9.50. The van der Waals surface area contributed by atoms with Gasteiger partial charge in [0.05, 0.1) is 6.07 Å². The van der Waals surface area contributed by atoms with Gasteiger partial charge in [0.1, 0.15) is 0 Å². The van der Waals surface area contributed by atoms with Crippen molar-refractivity contribution in [3.63, 3.8) is 0 Å². The summed E-state index contributed by atoms with van der Waals surface area (Å²) in [4.78, 5) is 0. The molecule has 0 aromatic rings. The summed E-state index contributed by atoms with van der Waals surface area (Å²) >= 11 is 0. The van der Waals surface area contributed by atoms with Crippen LogP contribution in [0, 0.1) is 11.3 Å². The molecule has 0 N–H and O–H groups in total. The predicted octanol–water partition coefficient (Wildman–Crippen LogP) is 6.03. The first kappa shape index (κ1) is 25.4. The summed E-state index contributed by atoms with van der Waals surface area (Å²) in [7, 11) is -3.50. The molecule has 0 radical (unpaired) electrons. The first-order chi connectivity index (χ1) is 12.5. The van der Waals surface area contributed by atoms with E-state index in [1.807, 2.05) is 13.0 Å². The maximum atomic E-state index is 12.9. The van der Waals surface area contributed by atoms with Crippen molar-refractivity contribution in [1.29, 1.82) is 5.26 Å². The van der Waals surface area contributed by atoms with E-state index >= 15 is 0 Å². The molecule has 0 aliphatic rings. The Morgan fingerprint density at radius 2 is 1.15 bits per heavy atom. The SMILES string of the molecule is CCCCCCCCN(CCCCCCCC)S(=O)(=O)C(C#N)CCC. The normalized spacial score (nSPS) is 13.0. The van der Waals surface area contributed by atoms with Gasteiger partial charge in [-0.1, -0.05) is 91.4 Å². The minimum absolute atomic E-state index is 0.433. The Morgan fingerprint density at radius 1 is 0.731 bits per heavy atom. The van der Waals surface area contributed by atoms with Crippen LogP contribution in [-0.2, 0) is 10.0 Å². The molecule has 0 aliphatic carbocycles. The van der Waals surface area contributed by atoms with Gasteiger partial charge in [0.25, 0.3) is 0 Å². The smallest absolute Gasteiger partial charge is 0.211 e. The lowest BCUT2D eigenvalue weighted by molar-refractivity contribution is 0.379. The predicted molar refractivity (Wildman–Crippen MR) is 112 cm³/mol. The van der Waals surface area contributed by atoms with Crippen LogP contribution in [0.15, 0.2) is 0 Å². The van der Waals surface area contributed by atoms with Crippen LogP contribution in [0.25, 0.3) is 0 Å². The van der Waals surface area contributed by atoms with E-state index in [0.717, 1.165) is 32.1 Å². The van der Waals surface area contributed by atoms with Crippen LogP contribution in [0.3, 0.4) is 0 Å². The highest BCUT2D eigenvalue weighted by Crippen LogP contribution is 2.17. The number of hydrogen-bond acceptors (Lipinski definition) is 3. The van der Waals surface area contributed by atoms with Crippen molar-refractivity contribution in [1.82, 2.24) is 4.31 Å². The Balaban J connectivity index is 4.58. The fourth-order valence-electron chi connectivity index (χ4n) is 3.23. The molecular weight excluding hydrogens is 344 g/mol. The van der Waals surface area contributed by atoms with Crippen molar-refractivity contribution in [2.45, 2.75) is 116 Å². The van der Waals surface area contributed by atoms with Crippen molar-refractivity contribution in [2.24, 2.45) is 0 Å². The molecule has 1 atom stereocenters. The standard InChI is InChI=1S/C21H42N2O2S/c1-4-7-9-11-13-15-18-23(19-16-14-12-10-8-5-2)26(24,25)21(20-22)17-6-3/h21H,4-19H2,1-3H3. The largest absolute Gasteiger partial charge is 0.230 e. The molecule has 0 fully saturated rings. The molecule has 0 rings (SSSR count). The quantitative estimate of drug-likeness (QED) is 0.270. The van der Waals surface area contributed by atoms with Gasteiger partial charge in [-0.15, -0.1) is 0 Å². The van der Waals surface area contributed by atoms with Gasteiger partial charge in [0, 0.05) is 13.1 Å². The van der Waals surface area contributed by atoms with Crippen molar-refractivity contribution in [3.8, 4) is 6.07 Å². The summed E-state index contributed by atoms with van der Waals surface area (Å²) in [6.07, 6.45) is 14.9. The third kappa shape index (κ3) is 11.2. The monoisotopic (exact) mass is 386 g/mol. The van der Waals surface area contributed by atoms with Crippen LogP contribution in [0.2, 0.25) is 0 Å². The van der Waals surface area contributed by atoms with Crippen molar-refractivity contribution < 1.29 is 8.42 Å². The molecule has 0 heterocycles. The molecule has 154 valence electrons. The van der Waals surface area contributed by atoms with Crippen molar-refractivity contribution in [3.05, 3.63) is 0 Å². The van der Waals surface area contributed by atoms with Gasteiger partial charge in [-0.3, -0.25) is 0 Å². The molecule has 5 heteroatoms. The molecule has 0 bridgehead atoms. The summed E-state index contributed by atoms with van der Waals surface area (Å²) in [5, 5.41) is 8.44. The van der Waals surface area contributed by atoms with E-state index in [9.17, 15) is 13.7 Å². The molecule has 0 aromatic heterocycles. The van der Waals surface area contributed by atoms with Crippen LogP contribution in [0.4, 0.5) is 0 Å². The second-order valence-electron chi connectivity index (χ2n) is 7.39. The number of hydrogen-bond donors (Lipinski definition) is 0. The Hall–Kier alpha value is -0.600. The lowest BCUT2D eigenvalue weighted by atomic mass is 10.1. The molecule has 1 unspecified atom stereocenters. The van der Waals surface area contributed by atoms with Gasteiger partial charge in [-0.05, 0) is 19.3 Å². The van der Waals surface area contributed by atoms with E-state index < -0.39 is 15.3 Å². The molecule has 0 aromatic carbocycles. The zero-order valence-corrected chi connectivity index (χ0v) is 18.3. The fraction of sp³-hybridized carbons (Fsp3) is 0.952. The Morgan fingerprint density at radius 3 is 1.54 bits per heavy atom. The number of unbranched alkanes of at least 4 members (excludes halogenated alkanes) is 10. The number of nitrogens with zero attached hydrogens (tertiary/aromatic N) is 2. The molecule has 4 nitrogen and oxygen atoms in total. The lowest BCUT2D eigenvalue weighted by Gasteiger charge is -2.24. The minimum Gasteiger partial charge on any atom is -0.211 e. The average Bonchev–Trinajstić information content (AvgIpc) is 2.63. The summed E-state index contributed by atoms with van der Waals surface area (Å²) in [6, 6.07) is 2.03.